The highest BCUT2D eigenvalue weighted by atomic mass is 16.6. The molecule has 1 aromatic heterocycles. The SMILES string of the molecule is O=C(NCC1CCCCC1)c1cccnc1Oc1cccc([N+](=O)[O-])c1. The van der Waals surface area contributed by atoms with E-state index in [1.165, 1.54) is 43.7 Å². The van der Waals surface area contributed by atoms with E-state index in [1.807, 2.05) is 0 Å². The number of benzene rings is 1. The van der Waals surface area contributed by atoms with Crippen LogP contribution in [0.4, 0.5) is 5.69 Å². The molecule has 1 heterocycles. The summed E-state index contributed by atoms with van der Waals surface area (Å²) in [6.07, 6.45) is 7.51. The molecule has 0 saturated heterocycles. The van der Waals surface area contributed by atoms with Gasteiger partial charge in [-0.2, -0.15) is 0 Å². The van der Waals surface area contributed by atoms with Gasteiger partial charge in [0.1, 0.15) is 11.3 Å². The highest BCUT2D eigenvalue weighted by Gasteiger charge is 2.18. The lowest BCUT2D eigenvalue weighted by molar-refractivity contribution is -0.384. The Morgan fingerprint density at radius 3 is 2.81 bits per heavy atom. The number of nitrogens with zero attached hydrogens (tertiary/aromatic N) is 2. The summed E-state index contributed by atoms with van der Waals surface area (Å²) < 4.78 is 5.64. The lowest BCUT2D eigenvalue weighted by atomic mass is 9.89. The first-order valence-corrected chi connectivity index (χ1v) is 8.79. The van der Waals surface area contributed by atoms with Gasteiger partial charge in [-0.25, -0.2) is 4.98 Å². The van der Waals surface area contributed by atoms with E-state index < -0.39 is 4.92 Å². The average Bonchev–Trinajstić information content (AvgIpc) is 2.67. The molecule has 0 bridgehead atoms. The predicted molar refractivity (Wildman–Crippen MR) is 96.3 cm³/mol. The van der Waals surface area contributed by atoms with E-state index >= 15 is 0 Å². The largest absolute Gasteiger partial charge is 0.438 e. The van der Waals surface area contributed by atoms with Gasteiger partial charge in [-0.1, -0.05) is 25.3 Å². The minimum Gasteiger partial charge on any atom is -0.438 e. The van der Waals surface area contributed by atoms with Crippen LogP contribution in [0.1, 0.15) is 42.5 Å². The van der Waals surface area contributed by atoms with Crippen molar-refractivity contribution in [2.45, 2.75) is 32.1 Å². The molecule has 1 aromatic carbocycles. The Morgan fingerprint density at radius 2 is 2.04 bits per heavy atom. The second-order valence-corrected chi connectivity index (χ2v) is 6.43. The van der Waals surface area contributed by atoms with Crippen molar-refractivity contribution in [1.82, 2.24) is 10.3 Å². The molecule has 0 radical (unpaired) electrons. The van der Waals surface area contributed by atoms with E-state index in [-0.39, 0.29) is 23.2 Å². The quantitative estimate of drug-likeness (QED) is 0.622. The monoisotopic (exact) mass is 355 g/mol. The molecule has 0 atom stereocenters. The summed E-state index contributed by atoms with van der Waals surface area (Å²) in [5.74, 6) is 0.669. The van der Waals surface area contributed by atoms with Crippen LogP contribution in [0, 0.1) is 16.0 Å². The number of nitro benzene ring substituents is 1. The molecule has 0 unspecified atom stereocenters. The summed E-state index contributed by atoms with van der Waals surface area (Å²) in [6.45, 7) is 0.643. The zero-order valence-electron chi connectivity index (χ0n) is 14.4. The number of hydrogen-bond acceptors (Lipinski definition) is 5. The molecular formula is C19H21N3O4. The van der Waals surface area contributed by atoms with E-state index in [0.717, 1.165) is 12.8 Å². The van der Waals surface area contributed by atoms with Crippen molar-refractivity contribution in [3.8, 4) is 11.6 Å². The number of amides is 1. The fraction of sp³-hybridized carbons (Fsp3) is 0.368. The van der Waals surface area contributed by atoms with Crippen molar-refractivity contribution in [1.29, 1.82) is 0 Å². The van der Waals surface area contributed by atoms with Gasteiger partial charge in [-0.15, -0.1) is 0 Å². The molecule has 7 heteroatoms. The minimum absolute atomic E-state index is 0.0817. The Bertz CT molecular complexity index is 788. The van der Waals surface area contributed by atoms with Gasteiger partial charge >= 0.3 is 0 Å². The second-order valence-electron chi connectivity index (χ2n) is 6.43. The number of carbonyl (C=O) groups excluding carboxylic acids is 1. The van der Waals surface area contributed by atoms with Gasteiger partial charge in [-0.05, 0) is 37.0 Å². The number of nitrogens with one attached hydrogen (secondary N) is 1. The third-order valence-corrected chi connectivity index (χ3v) is 4.53. The standard InChI is InChI=1S/C19H21N3O4/c23-18(21-13-14-6-2-1-3-7-14)17-10-5-11-20-19(17)26-16-9-4-8-15(12-16)22(24)25/h4-5,8-12,14H,1-3,6-7,13H2,(H,21,23). The molecule has 7 nitrogen and oxygen atoms in total. The lowest BCUT2D eigenvalue weighted by Crippen LogP contribution is -2.30. The zero-order valence-corrected chi connectivity index (χ0v) is 14.4. The molecule has 1 amide bonds. The summed E-state index contributed by atoms with van der Waals surface area (Å²) in [5, 5.41) is 13.8. The number of pyridine rings is 1. The van der Waals surface area contributed by atoms with E-state index in [1.54, 1.807) is 18.2 Å². The number of rotatable bonds is 6. The van der Waals surface area contributed by atoms with Crippen molar-refractivity contribution in [2.75, 3.05) is 6.54 Å². The third kappa shape index (κ3) is 4.56. The topological polar surface area (TPSA) is 94.4 Å². The number of aromatic nitrogens is 1. The Kier molecular flexibility index (Phi) is 5.78. The molecule has 0 aliphatic heterocycles. The Balaban J connectivity index is 1.70. The molecule has 1 aliphatic carbocycles. The van der Waals surface area contributed by atoms with E-state index in [9.17, 15) is 14.9 Å². The fourth-order valence-corrected chi connectivity index (χ4v) is 3.14. The maximum atomic E-state index is 12.5. The molecule has 136 valence electrons. The van der Waals surface area contributed by atoms with Crippen LogP contribution >= 0.6 is 0 Å². The van der Waals surface area contributed by atoms with Crippen molar-refractivity contribution >= 4 is 11.6 Å². The van der Waals surface area contributed by atoms with Crippen LogP contribution in [0.3, 0.4) is 0 Å². The molecule has 26 heavy (non-hydrogen) atoms. The first-order valence-electron chi connectivity index (χ1n) is 8.79. The van der Waals surface area contributed by atoms with Crippen LogP contribution in [0.5, 0.6) is 11.6 Å². The molecular weight excluding hydrogens is 334 g/mol. The smallest absolute Gasteiger partial charge is 0.273 e. The Hall–Kier alpha value is -2.96. The summed E-state index contributed by atoms with van der Waals surface area (Å²) in [7, 11) is 0. The molecule has 2 aromatic rings. The van der Waals surface area contributed by atoms with Gasteiger partial charge in [0.25, 0.3) is 11.6 Å². The Morgan fingerprint density at radius 1 is 1.23 bits per heavy atom. The lowest BCUT2D eigenvalue weighted by Gasteiger charge is -2.21. The van der Waals surface area contributed by atoms with Gasteiger partial charge < -0.3 is 10.1 Å². The zero-order chi connectivity index (χ0) is 18.4. The molecule has 3 rings (SSSR count). The molecule has 1 saturated carbocycles. The van der Waals surface area contributed by atoms with Crippen LogP contribution in [0.25, 0.3) is 0 Å². The minimum atomic E-state index is -0.497. The number of nitro groups is 1. The predicted octanol–water partition coefficient (Wildman–Crippen LogP) is 4.09. The molecule has 1 fully saturated rings. The van der Waals surface area contributed by atoms with Gasteiger partial charge in [-0.3, -0.25) is 14.9 Å². The number of hydrogen-bond donors (Lipinski definition) is 1. The average molecular weight is 355 g/mol. The van der Waals surface area contributed by atoms with E-state index in [4.69, 9.17) is 4.74 Å². The normalized spacial score (nSPS) is 14.6. The molecule has 0 spiro atoms. The number of non-ortho nitro benzene ring substituents is 1. The van der Waals surface area contributed by atoms with Crippen LogP contribution in [-0.4, -0.2) is 22.4 Å². The second kappa shape index (κ2) is 8.42. The van der Waals surface area contributed by atoms with Crippen molar-refractivity contribution in [2.24, 2.45) is 5.92 Å². The van der Waals surface area contributed by atoms with Gasteiger partial charge in [0.05, 0.1) is 11.0 Å². The van der Waals surface area contributed by atoms with Crippen LogP contribution in [-0.2, 0) is 0 Å². The van der Waals surface area contributed by atoms with Gasteiger partial charge in [0.15, 0.2) is 0 Å². The van der Waals surface area contributed by atoms with Crippen LogP contribution < -0.4 is 10.1 Å². The molecule has 1 aliphatic rings. The first-order chi connectivity index (χ1) is 12.6. The maximum Gasteiger partial charge on any atom is 0.273 e. The summed E-state index contributed by atoms with van der Waals surface area (Å²) in [5.41, 5.74) is 0.233. The van der Waals surface area contributed by atoms with Crippen molar-refractivity contribution in [3.63, 3.8) is 0 Å². The first kappa shape index (κ1) is 17.8. The highest BCUT2D eigenvalue weighted by molar-refractivity contribution is 5.96. The van der Waals surface area contributed by atoms with Crippen LogP contribution in [0.2, 0.25) is 0 Å². The maximum absolute atomic E-state index is 12.5. The molecule has 1 N–H and O–H groups in total. The van der Waals surface area contributed by atoms with E-state index in [0.29, 0.717) is 18.0 Å². The summed E-state index contributed by atoms with van der Waals surface area (Å²) >= 11 is 0. The Labute approximate surface area is 151 Å². The van der Waals surface area contributed by atoms with E-state index in [2.05, 4.69) is 10.3 Å². The highest BCUT2D eigenvalue weighted by Crippen LogP contribution is 2.27. The fourth-order valence-electron chi connectivity index (χ4n) is 3.14. The number of carbonyl (C=O) groups is 1. The summed E-state index contributed by atoms with van der Waals surface area (Å²) in [6, 6.07) is 9.10. The van der Waals surface area contributed by atoms with Gasteiger partial charge in [0.2, 0.25) is 5.88 Å². The van der Waals surface area contributed by atoms with Crippen LogP contribution in [0.15, 0.2) is 42.6 Å². The van der Waals surface area contributed by atoms with Crippen molar-refractivity contribution < 1.29 is 14.5 Å². The number of ether oxygens (including phenoxy) is 1. The summed E-state index contributed by atoms with van der Waals surface area (Å²) in [4.78, 5) is 27.0. The van der Waals surface area contributed by atoms with Gasteiger partial charge in [0, 0.05) is 18.8 Å². The third-order valence-electron chi connectivity index (χ3n) is 4.53. The van der Waals surface area contributed by atoms with Crippen molar-refractivity contribution in [3.05, 3.63) is 58.3 Å².